The average Bonchev–Trinajstić information content (AvgIpc) is 2.66. The number of carbonyl (C=O) groups excluding carboxylic acids is 1. The molecule has 7 nitrogen and oxygen atoms in total. The summed E-state index contributed by atoms with van der Waals surface area (Å²) in [6.07, 6.45) is 3.03. The van der Waals surface area contributed by atoms with Crippen LogP contribution in [0, 0.1) is 0 Å². The Balaban J connectivity index is 2.04. The number of nitrogens with zero attached hydrogens (tertiary/aromatic N) is 2. The topological polar surface area (TPSA) is 102 Å². The molecular formula is C17H24ClN5O2. The molecule has 1 aromatic heterocycles. The summed E-state index contributed by atoms with van der Waals surface area (Å²) in [7, 11) is 1.63. The summed E-state index contributed by atoms with van der Waals surface area (Å²) in [5.41, 5.74) is 7.78. The molecule has 1 atom stereocenters. The number of nitrogens with one attached hydrogen (secondary N) is 2. The number of halogens is 1. The Morgan fingerprint density at radius 2 is 2.36 bits per heavy atom. The molecule has 25 heavy (non-hydrogen) atoms. The second-order valence-electron chi connectivity index (χ2n) is 5.64. The van der Waals surface area contributed by atoms with Gasteiger partial charge >= 0.3 is 0 Å². The van der Waals surface area contributed by atoms with Crippen molar-refractivity contribution in [3.63, 3.8) is 0 Å². The van der Waals surface area contributed by atoms with Gasteiger partial charge in [-0.3, -0.25) is 14.8 Å². The summed E-state index contributed by atoms with van der Waals surface area (Å²) in [5.74, 6) is -0.479. The average molecular weight is 366 g/mol. The molecule has 0 spiro atoms. The lowest BCUT2D eigenvalue weighted by atomic mass is 10.2. The van der Waals surface area contributed by atoms with Crippen LogP contribution in [-0.2, 0) is 9.53 Å². The maximum Gasteiger partial charge on any atom is 0.273 e. The van der Waals surface area contributed by atoms with Gasteiger partial charge < -0.3 is 21.1 Å². The summed E-state index contributed by atoms with van der Waals surface area (Å²) in [4.78, 5) is 20.7. The molecule has 0 aliphatic carbocycles. The zero-order valence-electron chi connectivity index (χ0n) is 14.5. The van der Waals surface area contributed by atoms with Crippen molar-refractivity contribution >= 4 is 28.9 Å². The molecule has 1 aliphatic rings. The third-order valence-electron chi connectivity index (χ3n) is 3.79. The largest absolute Gasteiger partial charge is 0.393 e. The Morgan fingerprint density at radius 1 is 1.56 bits per heavy atom. The molecule has 0 unspecified atom stereocenters. The van der Waals surface area contributed by atoms with Crippen molar-refractivity contribution in [1.29, 1.82) is 0 Å². The third-order valence-corrected chi connectivity index (χ3v) is 4.21. The summed E-state index contributed by atoms with van der Waals surface area (Å²) in [5, 5.41) is 6.13. The molecule has 0 aromatic carbocycles. The number of aliphatic imine (C=N–C) groups is 1. The Hall–Kier alpha value is -1.96. The van der Waals surface area contributed by atoms with Crippen molar-refractivity contribution in [1.82, 2.24) is 10.3 Å². The van der Waals surface area contributed by atoms with Crippen LogP contribution in [-0.4, -0.2) is 43.3 Å². The summed E-state index contributed by atoms with van der Waals surface area (Å²) < 4.78 is 5.65. The van der Waals surface area contributed by atoms with Gasteiger partial charge in [0.1, 0.15) is 11.8 Å². The van der Waals surface area contributed by atoms with Crippen molar-refractivity contribution in [3.8, 4) is 0 Å². The number of aromatic nitrogens is 1. The van der Waals surface area contributed by atoms with Gasteiger partial charge in [0, 0.05) is 20.1 Å². The van der Waals surface area contributed by atoms with Gasteiger partial charge in [-0.05, 0) is 18.6 Å². The fraction of sp³-hybridized carbons (Fsp3) is 0.471. The minimum atomic E-state index is -0.479. The number of ether oxygens (including phenoxy) is 1. The maximum absolute atomic E-state index is 12.3. The molecule has 8 heteroatoms. The van der Waals surface area contributed by atoms with E-state index in [4.69, 9.17) is 22.1 Å². The lowest BCUT2D eigenvalue weighted by Gasteiger charge is -2.23. The minimum Gasteiger partial charge on any atom is -0.393 e. The van der Waals surface area contributed by atoms with Gasteiger partial charge in [0.25, 0.3) is 5.91 Å². The summed E-state index contributed by atoms with van der Waals surface area (Å²) in [6, 6.07) is 3.59. The van der Waals surface area contributed by atoms with Crippen LogP contribution >= 0.6 is 11.6 Å². The molecule has 1 amide bonds. The zero-order chi connectivity index (χ0) is 18.2. The Labute approximate surface area is 152 Å². The molecule has 2 heterocycles. The monoisotopic (exact) mass is 365 g/mol. The van der Waals surface area contributed by atoms with Gasteiger partial charge in [-0.15, -0.1) is 0 Å². The molecule has 1 fully saturated rings. The van der Waals surface area contributed by atoms with Gasteiger partial charge in [0.15, 0.2) is 0 Å². The van der Waals surface area contributed by atoms with E-state index in [0.717, 1.165) is 25.2 Å². The Bertz CT molecular complexity index is 652. The number of carbonyl (C=O) groups is 1. The van der Waals surface area contributed by atoms with E-state index in [-0.39, 0.29) is 16.8 Å². The number of pyridine rings is 1. The fourth-order valence-electron chi connectivity index (χ4n) is 2.44. The van der Waals surface area contributed by atoms with E-state index >= 15 is 0 Å². The normalized spacial score (nSPS) is 19.3. The Kier molecular flexibility index (Phi) is 7.36. The lowest BCUT2D eigenvalue weighted by molar-refractivity contribution is -0.112. The zero-order valence-corrected chi connectivity index (χ0v) is 15.3. The molecule has 1 aliphatic heterocycles. The van der Waals surface area contributed by atoms with E-state index < -0.39 is 5.91 Å². The summed E-state index contributed by atoms with van der Waals surface area (Å²) in [6.45, 7) is 4.23. The second-order valence-corrected chi connectivity index (χ2v) is 6.02. The highest BCUT2D eigenvalue weighted by Gasteiger charge is 2.18. The highest BCUT2D eigenvalue weighted by atomic mass is 35.5. The molecule has 0 saturated carbocycles. The molecule has 4 N–H and O–H groups in total. The lowest BCUT2D eigenvalue weighted by Crippen LogP contribution is -2.33. The minimum absolute atomic E-state index is 0.0559. The Morgan fingerprint density at radius 3 is 2.92 bits per heavy atom. The third kappa shape index (κ3) is 5.26. The van der Waals surface area contributed by atoms with Crippen LogP contribution in [0.3, 0.4) is 0 Å². The SMILES string of the molecule is CCCC(=NC)C(Cl)=C(N)C(=O)Nc1ccc([C@H]2CNCCO2)nc1. The molecule has 0 radical (unpaired) electrons. The first-order valence-corrected chi connectivity index (χ1v) is 8.65. The first-order valence-electron chi connectivity index (χ1n) is 8.27. The number of rotatable bonds is 6. The van der Waals surface area contributed by atoms with E-state index in [1.807, 2.05) is 13.0 Å². The van der Waals surface area contributed by atoms with E-state index in [1.165, 1.54) is 0 Å². The van der Waals surface area contributed by atoms with E-state index in [9.17, 15) is 4.79 Å². The van der Waals surface area contributed by atoms with Gasteiger partial charge in [0.2, 0.25) is 0 Å². The van der Waals surface area contributed by atoms with Crippen LogP contribution in [0.25, 0.3) is 0 Å². The number of allylic oxidation sites excluding steroid dienone is 1. The molecule has 1 aromatic rings. The molecule has 2 rings (SSSR count). The van der Waals surface area contributed by atoms with Crippen molar-refractivity contribution in [2.75, 3.05) is 32.1 Å². The van der Waals surface area contributed by atoms with Crippen molar-refractivity contribution in [2.24, 2.45) is 10.7 Å². The molecule has 136 valence electrons. The van der Waals surface area contributed by atoms with Crippen LogP contribution in [0.15, 0.2) is 34.1 Å². The highest BCUT2D eigenvalue weighted by Crippen LogP contribution is 2.19. The number of hydrogen-bond donors (Lipinski definition) is 3. The van der Waals surface area contributed by atoms with E-state index in [2.05, 4.69) is 20.6 Å². The predicted octanol–water partition coefficient (Wildman–Crippen LogP) is 1.96. The first-order chi connectivity index (χ1) is 12.1. The maximum atomic E-state index is 12.3. The van der Waals surface area contributed by atoms with Crippen molar-refractivity contribution in [2.45, 2.75) is 25.9 Å². The van der Waals surface area contributed by atoms with Crippen LogP contribution in [0.1, 0.15) is 31.6 Å². The van der Waals surface area contributed by atoms with Crippen molar-refractivity contribution < 1.29 is 9.53 Å². The van der Waals surface area contributed by atoms with Gasteiger partial charge in [0.05, 0.1) is 34.9 Å². The van der Waals surface area contributed by atoms with Crippen LogP contribution < -0.4 is 16.4 Å². The van der Waals surface area contributed by atoms with Gasteiger partial charge in [-0.1, -0.05) is 24.9 Å². The number of morpholine rings is 1. The highest BCUT2D eigenvalue weighted by molar-refractivity contribution is 6.45. The smallest absolute Gasteiger partial charge is 0.273 e. The van der Waals surface area contributed by atoms with E-state index in [1.54, 1.807) is 19.3 Å². The van der Waals surface area contributed by atoms with Gasteiger partial charge in [-0.2, -0.15) is 0 Å². The van der Waals surface area contributed by atoms with Gasteiger partial charge in [-0.25, -0.2) is 0 Å². The predicted molar refractivity (Wildman–Crippen MR) is 99.8 cm³/mol. The standard InChI is InChI=1S/C17H24ClN5O2/c1-3-4-13(20-2)15(18)16(19)17(24)23-11-5-6-12(22-9-11)14-10-21-7-8-25-14/h5-6,9,14,21H,3-4,7-8,10,19H2,1-2H3,(H,23,24)/t14-/m1/s1. The van der Waals surface area contributed by atoms with Crippen LogP contribution in [0.5, 0.6) is 0 Å². The van der Waals surface area contributed by atoms with E-state index in [0.29, 0.717) is 24.4 Å². The number of nitrogens with two attached hydrogens (primary N) is 1. The molecule has 0 bridgehead atoms. The van der Waals surface area contributed by atoms with Crippen LogP contribution in [0.2, 0.25) is 0 Å². The molecule has 1 saturated heterocycles. The summed E-state index contributed by atoms with van der Waals surface area (Å²) >= 11 is 6.19. The van der Waals surface area contributed by atoms with Crippen LogP contribution in [0.4, 0.5) is 5.69 Å². The second kappa shape index (κ2) is 9.50. The van der Waals surface area contributed by atoms with Crippen molar-refractivity contribution in [3.05, 3.63) is 34.8 Å². The number of hydrogen-bond acceptors (Lipinski definition) is 6. The first kappa shape index (κ1) is 19.4. The number of anilines is 1. The number of amides is 1. The quantitative estimate of drug-likeness (QED) is 0.528. The molecular weight excluding hydrogens is 342 g/mol. The fourth-order valence-corrected chi connectivity index (χ4v) is 2.70.